The third-order valence-electron chi connectivity index (χ3n) is 6.56. The van der Waals surface area contributed by atoms with Crippen LogP contribution in [0.15, 0.2) is 61.1 Å². The van der Waals surface area contributed by atoms with Gasteiger partial charge in [0.25, 0.3) is 0 Å². The van der Waals surface area contributed by atoms with Crippen molar-refractivity contribution in [2.75, 3.05) is 55.1 Å². The Morgan fingerprint density at radius 1 is 0.970 bits per heavy atom. The van der Waals surface area contributed by atoms with E-state index in [1.807, 2.05) is 31.5 Å². The fourth-order valence-corrected chi connectivity index (χ4v) is 4.89. The lowest BCUT2D eigenvalue weighted by molar-refractivity contribution is 0.214. The maximum atomic E-state index is 5.60. The van der Waals surface area contributed by atoms with E-state index in [4.69, 9.17) is 4.74 Å². The minimum absolute atomic E-state index is 0.0346. The molecule has 0 bridgehead atoms. The van der Waals surface area contributed by atoms with Crippen molar-refractivity contribution in [1.82, 2.24) is 14.6 Å². The van der Waals surface area contributed by atoms with E-state index >= 15 is 0 Å². The molecule has 7 heteroatoms. The van der Waals surface area contributed by atoms with E-state index in [0.717, 1.165) is 55.5 Å². The number of aromatic nitrogens is 2. The van der Waals surface area contributed by atoms with Crippen molar-refractivity contribution < 1.29 is 4.74 Å². The molecule has 170 valence electrons. The smallest absolute Gasteiger partial charge is 0.146 e. The molecule has 1 saturated heterocycles. The molecule has 1 atom stereocenters. The van der Waals surface area contributed by atoms with Gasteiger partial charge >= 0.3 is 0 Å². The number of fused-ring (bicyclic) bond motifs is 2. The number of anilines is 3. The SMILES string of the molecule is CC#CC(N1CCN(c2ccccc2OC)CC1)N1Cc2cccn2N(C)c2ccncc21. The molecule has 1 fully saturated rings. The summed E-state index contributed by atoms with van der Waals surface area (Å²) in [7, 11) is 3.83. The van der Waals surface area contributed by atoms with Gasteiger partial charge in [0.2, 0.25) is 0 Å². The first kappa shape index (κ1) is 21.2. The van der Waals surface area contributed by atoms with Gasteiger partial charge in [-0.1, -0.05) is 18.1 Å². The minimum Gasteiger partial charge on any atom is -0.495 e. The molecular weight excluding hydrogens is 412 g/mol. The van der Waals surface area contributed by atoms with Crippen LogP contribution in [0.2, 0.25) is 0 Å². The summed E-state index contributed by atoms with van der Waals surface area (Å²) in [6.07, 6.45) is 5.89. The highest BCUT2D eigenvalue weighted by atomic mass is 16.5. The third kappa shape index (κ3) is 3.87. The number of hydrogen-bond donors (Lipinski definition) is 0. The lowest BCUT2D eigenvalue weighted by Crippen LogP contribution is -2.55. The zero-order valence-electron chi connectivity index (χ0n) is 19.5. The Hall–Kier alpha value is -3.63. The van der Waals surface area contributed by atoms with Crippen LogP contribution in [0.25, 0.3) is 0 Å². The highest BCUT2D eigenvalue weighted by Crippen LogP contribution is 2.35. The van der Waals surface area contributed by atoms with Crippen LogP contribution in [0.4, 0.5) is 17.1 Å². The second-order valence-corrected chi connectivity index (χ2v) is 8.32. The highest BCUT2D eigenvalue weighted by Gasteiger charge is 2.32. The number of nitrogens with zero attached hydrogens (tertiary/aromatic N) is 6. The van der Waals surface area contributed by atoms with Crippen LogP contribution in [0.1, 0.15) is 12.6 Å². The molecule has 0 saturated carbocycles. The fraction of sp³-hybridized carbons (Fsp3) is 0.346. The van der Waals surface area contributed by atoms with Crippen molar-refractivity contribution in [2.45, 2.75) is 19.6 Å². The quantitative estimate of drug-likeness (QED) is 0.578. The summed E-state index contributed by atoms with van der Waals surface area (Å²) >= 11 is 0. The highest BCUT2D eigenvalue weighted by molar-refractivity contribution is 5.72. The molecule has 1 aromatic carbocycles. The number of piperazine rings is 1. The van der Waals surface area contributed by atoms with E-state index in [1.54, 1.807) is 7.11 Å². The van der Waals surface area contributed by atoms with Crippen LogP contribution < -0.4 is 19.5 Å². The van der Waals surface area contributed by atoms with Crippen molar-refractivity contribution in [1.29, 1.82) is 0 Å². The van der Waals surface area contributed by atoms with Crippen LogP contribution in [-0.2, 0) is 6.54 Å². The van der Waals surface area contributed by atoms with E-state index in [1.165, 1.54) is 5.69 Å². The summed E-state index contributed by atoms with van der Waals surface area (Å²) < 4.78 is 7.80. The van der Waals surface area contributed by atoms with Gasteiger partial charge in [0, 0.05) is 45.6 Å². The maximum Gasteiger partial charge on any atom is 0.146 e. The first-order valence-corrected chi connectivity index (χ1v) is 11.4. The van der Waals surface area contributed by atoms with Gasteiger partial charge in [0.15, 0.2) is 0 Å². The van der Waals surface area contributed by atoms with Crippen molar-refractivity contribution in [3.05, 3.63) is 66.7 Å². The Labute approximate surface area is 195 Å². The van der Waals surface area contributed by atoms with E-state index < -0.39 is 0 Å². The largest absolute Gasteiger partial charge is 0.495 e. The Kier molecular flexibility index (Phi) is 5.84. The molecule has 0 spiro atoms. The summed E-state index contributed by atoms with van der Waals surface area (Å²) in [6, 6.07) is 14.6. The molecule has 0 N–H and O–H groups in total. The Morgan fingerprint density at radius 2 is 1.79 bits per heavy atom. The van der Waals surface area contributed by atoms with E-state index in [0.29, 0.717) is 0 Å². The van der Waals surface area contributed by atoms with Gasteiger partial charge in [-0.2, -0.15) is 0 Å². The van der Waals surface area contributed by atoms with Crippen LogP contribution in [0.3, 0.4) is 0 Å². The first-order valence-electron chi connectivity index (χ1n) is 11.4. The normalized spacial score (nSPS) is 16.9. The molecule has 4 heterocycles. The molecule has 0 radical (unpaired) electrons. The standard InChI is InChI=1S/C26H30N6O/c1-4-8-26(30-17-15-29(16-18-30)23-10-5-6-11-25(23)33-3)31-20-21-9-7-14-32(21)28(2)22-12-13-27-19-24(22)31/h5-7,9-14,19,26H,15-18,20H2,1-3H3. The lowest BCUT2D eigenvalue weighted by atomic mass is 10.2. The van der Waals surface area contributed by atoms with E-state index in [2.05, 4.69) is 84.8 Å². The second kappa shape index (κ2) is 9.08. The van der Waals surface area contributed by atoms with Crippen LogP contribution in [-0.4, -0.2) is 61.1 Å². The third-order valence-corrected chi connectivity index (χ3v) is 6.56. The average Bonchev–Trinajstić information content (AvgIpc) is 3.30. The van der Waals surface area contributed by atoms with Crippen molar-refractivity contribution >= 4 is 17.1 Å². The number of benzene rings is 1. The first-order chi connectivity index (χ1) is 16.2. The van der Waals surface area contributed by atoms with Crippen LogP contribution >= 0.6 is 0 Å². The average molecular weight is 443 g/mol. The number of hydrogen-bond acceptors (Lipinski definition) is 6. The summed E-state index contributed by atoms with van der Waals surface area (Å²) in [6.45, 7) is 6.37. The summed E-state index contributed by atoms with van der Waals surface area (Å²) in [4.78, 5) is 11.7. The van der Waals surface area contributed by atoms with Gasteiger partial charge in [-0.15, -0.1) is 5.92 Å². The number of pyridine rings is 1. The fourth-order valence-electron chi connectivity index (χ4n) is 4.89. The number of para-hydroxylation sites is 2. The molecule has 2 aliphatic rings. The van der Waals surface area contributed by atoms with E-state index in [9.17, 15) is 0 Å². The van der Waals surface area contributed by atoms with Crippen LogP contribution in [0.5, 0.6) is 5.75 Å². The van der Waals surface area contributed by atoms with Gasteiger partial charge in [0.05, 0.1) is 42.6 Å². The van der Waals surface area contributed by atoms with Crippen LogP contribution in [0, 0.1) is 11.8 Å². The molecule has 5 rings (SSSR count). The molecular formula is C26H30N6O. The second-order valence-electron chi connectivity index (χ2n) is 8.32. The number of ether oxygens (including phenoxy) is 1. The monoisotopic (exact) mass is 442 g/mol. The van der Waals surface area contributed by atoms with Crippen molar-refractivity contribution in [2.24, 2.45) is 0 Å². The Morgan fingerprint density at radius 3 is 2.58 bits per heavy atom. The topological polar surface area (TPSA) is 40.0 Å². The van der Waals surface area contributed by atoms with E-state index in [-0.39, 0.29) is 6.17 Å². The molecule has 7 nitrogen and oxygen atoms in total. The lowest BCUT2D eigenvalue weighted by Gasteiger charge is -2.43. The molecule has 3 aromatic rings. The number of rotatable bonds is 4. The van der Waals surface area contributed by atoms with Crippen molar-refractivity contribution in [3.8, 4) is 17.6 Å². The molecule has 0 amide bonds. The molecule has 2 aliphatic heterocycles. The van der Waals surface area contributed by atoms with Gasteiger partial charge < -0.3 is 14.5 Å². The minimum atomic E-state index is -0.0346. The summed E-state index contributed by atoms with van der Waals surface area (Å²) in [5.74, 6) is 7.63. The summed E-state index contributed by atoms with van der Waals surface area (Å²) in [5, 5.41) is 2.18. The zero-order valence-corrected chi connectivity index (χ0v) is 19.5. The maximum absolute atomic E-state index is 5.60. The van der Waals surface area contributed by atoms with Gasteiger partial charge in [-0.05, 0) is 37.3 Å². The zero-order chi connectivity index (χ0) is 22.8. The van der Waals surface area contributed by atoms with Gasteiger partial charge in [-0.3, -0.25) is 19.6 Å². The summed E-state index contributed by atoms with van der Waals surface area (Å²) in [5.41, 5.74) is 4.60. The number of methoxy groups -OCH3 is 1. The molecule has 1 unspecified atom stereocenters. The van der Waals surface area contributed by atoms with Gasteiger partial charge in [0.1, 0.15) is 11.9 Å². The Bertz CT molecular complexity index is 1170. The Balaban J connectivity index is 1.44. The molecule has 2 aromatic heterocycles. The van der Waals surface area contributed by atoms with Crippen molar-refractivity contribution in [3.63, 3.8) is 0 Å². The molecule has 33 heavy (non-hydrogen) atoms. The predicted octanol–water partition coefficient (Wildman–Crippen LogP) is 3.28. The molecule has 0 aliphatic carbocycles. The van der Waals surface area contributed by atoms with Gasteiger partial charge in [-0.25, -0.2) is 0 Å². The predicted molar refractivity (Wildman–Crippen MR) is 133 cm³/mol.